The Morgan fingerprint density at radius 1 is 1.00 bits per heavy atom. The van der Waals surface area contributed by atoms with Crippen LogP contribution in [0.5, 0.6) is 17.2 Å². The molecule has 0 saturated carbocycles. The summed E-state index contributed by atoms with van der Waals surface area (Å²) in [6.45, 7) is 0.720. The van der Waals surface area contributed by atoms with Gasteiger partial charge in [0.05, 0.1) is 20.8 Å². The maximum Gasteiger partial charge on any atom is 0.325 e. The first-order valence-electron chi connectivity index (χ1n) is 10.2. The van der Waals surface area contributed by atoms with Gasteiger partial charge >= 0.3 is 6.03 Å². The van der Waals surface area contributed by atoms with E-state index >= 15 is 0 Å². The molecule has 7 heteroatoms. The fourth-order valence-electron chi connectivity index (χ4n) is 4.26. The van der Waals surface area contributed by atoms with Crippen LogP contribution in [0.15, 0.2) is 42.5 Å². The van der Waals surface area contributed by atoms with E-state index in [0.717, 1.165) is 41.2 Å². The lowest BCUT2D eigenvalue weighted by Crippen LogP contribution is -2.46. The maximum atomic E-state index is 13.3. The third-order valence-corrected chi connectivity index (χ3v) is 5.80. The molecular formula is C23H26N2O5. The highest BCUT2D eigenvalue weighted by molar-refractivity contribution is 6.07. The Morgan fingerprint density at radius 3 is 2.43 bits per heavy atom. The van der Waals surface area contributed by atoms with Crippen molar-refractivity contribution in [3.8, 4) is 17.2 Å². The minimum atomic E-state index is -0.965. The molecule has 1 aliphatic heterocycles. The SMILES string of the molecule is COc1ccc(OCCCN2C(=O)N[C@]3(CCCc4cc(OC)ccc43)C2=O)cc1. The highest BCUT2D eigenvalue weighted by Crippen LogP contribution is 2.41. The van der Waals surface area contributed by atoms with Crippen LogP contribution < -0.4 is 19.5 Å². The van der Waals surface area contributed by atoms with Crippen LogP contribution in [0.2, 0.25) is 0 Å². The zero-order valence-electron chi connectivity index (χ0n) is 17.3. The molecule has 158 valence electrons. The minimum Gasteiger partial charge on any atom is -0.497 e. The molecular weight excluding hydrogens is 384 g/mol. The number of imide groups is 1. The largest absolute Gasteiger partial charge is 0.497 e. The molecule has 0 aromatic heterocycles. The van der Waals surface area contributed by atoms with E-state index in [9.17, 15) is 9.59 Å². The summed E-state index contributed by atoms with van der Waals surface area (Å²) >= 11 is 0. The average molecular weight is 410 g/mol. The summed E-state index contributed by atoms with van der Waals surface area (Å²) in [7, 11) is 3.24. The van der Waals surface area contributed by atoms with E-state index < -0.39 is 5.54 Å². The molecule has 30 heavy (non-hydrogen) atoms. The first kappa shape index (κ1) is 20.1. The quantitative estimate of drug-likeness (QED) is 0.560. The number of nitrogens with one attached hydrogen (secondary N) is 1. The second-order valence-electron chi connectivity index (χ2n) is 7.55. The van der Waals surface area contributed by atoms with Crippen molar-refractivity contribution >= 4 is 11.9 Å². The molecule has 2 aromatic carbocycles. The number of benzene rings is 2. The lowest BCUT2D eigenvalue weighted by Gasteiger charge is -2.33. The summed E-state index contributed by atoms with van der Waals surface area (Å²) in [5.74, 6) is 2.06. The Bertz CT molecular complexity index is 943. The number of rotatable bonds is 7. The topological polar surface area (TPSA) is 77.1 Å². The third kappa shape index (κ3) is 3.56. The van der Waals surface area contributed by atoms with E-state index in [0.29, 0.717) is 26.0 Å². The summed E-state index contributed by atoms with van der Waals surface area (Å²) in [5.41, 5.74) is 0.970. The van der Waals surface area contributed by atoms with Crippen LogP contribution in [0, 0.1) is 0 Å². The highest BCUT2D eigenvalue weighted by atomic mass is 16.5. The molecule has 1 atom stereocenters. The van der Waals surface area contributed by atoms with Crippen LogP contribution in [0.3, 0.4) is 0 Å². The lowest BCUT2D eigenvalue weighted by atomic mass is 9.76. The third-order valence-electron chi connectivity index (χ3n) is 5.80. The molecule has 0 radical (unpaired) electrons. The summed E-state index contributed by atoms with van der Waals surface area (Å²) in [4.78, 5) is 27.3. The van der Waals surface area contributed by atoms with Crippen molar-refractivity contribution in [3.63, 3.8) is 0 Å². The summed E-state index contributed by atoms with van der Waals surface area (Å²) in [6, 6.07) is 12.7. The first-order valence-corrected chi connectivity index (χ1v) is 10.2. The van der Waals surface area contributed by atoms with Crippen LogP contribution in [-0.4, -0.2) is 44.2 Å². The predicted molar refractivity (Wildman–Crippen MR) is 111 cm³/mol. The van der Waals surface area contributed by atoms with E-state index in [1.54, 1.807) is 14.2 Å². The zero-order valence-corrected chi connectivity index (χ0v) is 17.3. The number of fused-ring (bicyclic) bond motifs is 2. The normalized spacial score (nSPS) is 20.1. The predicted octanol–water partition coefficient (Wildman–Crippen LogP) is 3.26. The van der Waals surface area contributed by atoms with E-state index in [2.05, 4.69) is 5.32 Å². The second kappa shape index (κ2) is 8.26. The molecule has 4 rings (SSSR count). The number of methoxy groups -OCH3 is 2. The summed E-state index contributed by atoms with van der Waals surface area (Å²) < 4.78 is 16.2. The molecule has 0 unspecified atom stereocenters. The zero-order chi connectivity index (χ0) is 21.1. The first-order chi connectivity index (χ1) is 14.6. The number of carbonyl (C=O) groups excluding carboxylic acids is 2. The van der Waals surface area contributed by atoms with Gasteiger partial charge in [-0.25, -0.2) is 4.79 Å². The lowest BCUT2D eigenvalue weighted by molar-refractivity contribution is -0.132. The Labute approximate surface area is 175 Å². The van der Waals surface area contributed by atoms with Crippen molar-refractivity contribution in [3.05, 3.63) is 53.6 Å². The van der Waals surface area contributed by atoms with Crippen LogP contribution in [-0.2, 0) is 16.8 Å². The van der Waals surface area contributed by atoms with Crippen molar-refractivity contribution in [1.29, 1.82) is 0 Å². The number of ether oxygens (including phenoxy) is 3. The van der Waals surface area contributed by atoms with Gasteiger partial charge in [-0.15, -0.1) is 0 Å². The van der Waals surface area contributed by atoms with Gasteiger partial charge in [-0.05, 0) is 73.2 Å². The van der Waals surface area contributed by atoms with E-state index in [-0.39, 0.29) is 11.9 Å². The molecule has 1 fully saturated rings. The van der Waals surface area contributed by atoms with E-state index in [1.165, 1.54) is 4.90 Å². The van der Waals surface area contributed by atoms with Gasteiger partial charge in [-0.3, -0.25) is 9.69 Å². The number of aryl methyl sites for hydroxylation is 1. The monoisotopic (exact) mass is 410 g/mol. The van der Waals surface area contributed by atoms with Crippen LogP contribution >= 0.6 is 0 Å². The van der Waals surface area contributed by atoms with Gasteiger partial charge in [-0.1, -0.05) is 6.07 Å². The standard InChI is InChI=1S/C23H26N2O5/c1-28-17-6-8-18(9-7-17)30-14-4-13-25-21(26)23(24-22(25)27)12-3-5-16-15-19(29-2)10-11-20(16)23/h6-11,15H,3-5,12-14H2,1-2H3,(H,24,27)/t23-/m0/s1. The second-order valence-corrected chi connectivity index (χ2v) is 7.55. The number of hydrogen-bond acceptors (Lipinski definition) is 5. The Hall–Kier alpha value is -3.22. The molecule has 3 amide bonds. The molecule has 1 aliphatic carbocycles. The smallest absolute Gasteiger partial charge is 0.325 e. The number of nitrogens with zero attached hydrogens (tertiary/aromatic N) is 1. The summed E-state index contributed by atoms with van der Waals surface area (Å²) in [5, 5.41) is 2.98. The van der Waals surface area contributed by atoms with Crippen LogP contribution in [0.4, 0.5) is 4.79 Å². The van der Waals surface area contributed by atoms with Gasteiger partial charge in [0.25, 0.3) is 5.91 Å². The van der Waals surface area contributed by atoms with Crippen molar-refractivity contribution in [1.82, 2.24) is 10.2 Å². The molecule has 1 spiro atoms. The number of carbonyl (C=O) groups is 2. The highest BCUT2D eigenvalue weighted by Gasteiger charge is 2.53. The van der Waals surface area contributed by atoms with Crippen LogP contribution in [0.1, 0.15) is 30.4 Å². The summed E-state index contributed by atoms with van der Waals surface area (Å²) in [6.07, 6.45) is 2.86. The van der Waals surface area contributed by atoms with Gasteiger partial charge < -0.3 is 19.5 Å². The van der Waals surface area contributed by atoms with Gasteiger partial charge in [0, 0.05) is 6.54 Å². The molecule has 0 bridgehead atoms. The maximum absolute atomic E-state index is 13.3. The number of amides is 3. The van der Waals surface area contributed by atoms with Crippen molar-refractivity contribution < 1.29 is 23.8 Å². The molecule has 1 N–H and O–H groups in total. The molecule has 7 nitrogen and oxygen atoms in total. The van der Waals surface area contributed by atoms with Gasteiger partial charge in [0.1, 0.15) is 22.8 Å². The van der Waals surface area contributed by atoms with E-state index in [4.69, 9.17) is 14.2 Å². The van der Waals surface area contributed by atoms with Crippen molar-refractivity contribution in [2.75, 3.05) is 27.4 Å². The minimum absolute atomic E-state index is 0.178. The Morgan fingerprint density at radius 2 is 1.70 bits per heavy atom. The molecule has 1 saturated heterocycles. The fourth-order valence-corrected chi connectivity index (χ4v) is 4.26. The van der Waals surface area contributed by atoms with Crippen molar-refractivity contribution in [2.45, 2.75) is 31.2 Å². The van der Waals surface area contributed by atoms with Gasteiger partial charge in [0.2, 0.25) is 0 Å². The number of hydrogen-bond donors (Lipinski definition) is 1. The Kier molecular flexibility index (Phi) is 5.53. The fraction of sp³-hybridized carbons (Fsp3) is 0.391. The average Bonchev–Trinajstić information content (AvgIpc) is 3.01. The van der Waals surface area contributed by atoms with Gasteiger partial charge in [0.15, 0.2) is 0 Å². The van der Waals surface area contributed by atoms with Crippen molar-refractivity contribution in [2.24, 2.45) is 0 Å². The Balaban J connectivity index is 1.41. The van der Waals surface area contributed by atoms with E-state index in [1.807, 2.05) is 42.5 Å². The van der Waals surface area contributed by atoms with Crippen LogP contribution in [0.25, 0.3) is 0 Å². The molecule has 2 aromatic rings. The van der Waals surface area contributed by atoms with Gasteiger partial charge in [-0.2, -0.15) is 0 Å². The molecule has 1 heterocycles. The number of urea groups is 1. The molecule has 2 aliphatic rings.